The maximum absolute atomic E-state index is 14.7. The van der Waals surface area contributed by atoms with Crippen LogP contribution < -0.4 is 15.4 Å². The van der Waals surface area contributed by atoms with Gasteiger partial charge in [-0.05, 0) is 36.8 Å². The quantitative estimate of drug-likeness (QED) is 0.401. The number of amides is 1. The highest BCUT2D eigenvalue weighted by Gasteiger charge is 2.30. The zero-order valence-corrected chi connectivity index (χ0v) is 18.8. The van der Waals surface area contributed by atoms with Crippen LogP contribution >= 0.6 is 0 Å². The van der Waals surface area contributed by atoms with Crippen LogP contribution in [-0.2, 0) is 4.79 Å². The predicted octanol–water partition coefficient (Wildman–Crippen LogP) is 4.25. The van der Waals surface area contributed by atoms with Crippen molar-refractivity contribution >= 4 is 28.3 Å². The summed E-state index contributed by atoms with van der Waals surface area (Å²) in [6.07, 6.45) is 3.14. The van der Waals surface area contributed by atoms with Gasteiger partial charge in [-0.2, -0.15) is 5.10 Å². The molecule has 35 heavy (non-hydrogen) atoms. The molecule has 0 saturated carbocycles. The van der Waals surface area contributed by atoms with E-state index < -0.39 is 23.6 Å². The van der Waals surface area contributed by atoms with Crippen LogP contribution in [0.5, 0.6) is 5.88 Å². The summed E-state index contributed by atoms with van der Waals surface area (Å²) in [5.74, 6) is -0.627. The third kappa shape index (κ3) is 4.33. The SMILES string of the molecule is COc1ccc(C2=NC(c3ccc(F)cc3)C(C(=O)Nc3cc4cn[nH]c4cc3F)=C(C)N2)cn1. The molecule has 10 heteroatoms. The van der Waals surface area contributed by atoms with E-state index in [9.17, 15) is 13.6 Å². The topological polar surface area (TPSA) is 104 Å². The first-order chi connectivity index (χ1) is 16.9. The first-order valence-electron chi connectivity index (χ1n) is 10.7. The van der Waals surface area contributed by atoms with Gasteiger partial charge in [-0.1, -0.05) is 12.1 Å². The predicted molar refractivity (Wildman–Crippen MR) is 127 cm³/mol. The first-order valence-corrected chi connectivity index (χ1v) is 10.7. The molecule has 8 nitrogen and oxygen atoms in total. The van der Waals surface area contributed by atoms with E-state index in [2.05, 4.69) is 25.8 Å². The number of methoxy groups -OCH3 is 1. The summed E-state index contributed by atoms with van der Waals surface area (Å²) in [5, 5.41) is 13.0. The van der Waals surface area contributed by atoms with E-state index in [4.69, 9.17) is 9.73 Å². The highest BCUT2D eigenvalue weighted by molar-refractivity contribution is 6.09. The lowest BCUT2D eigenvalue weighted by Crippen LogP contribution is -2.34. The number of hydrogen-bond acceptors (Lipinski definition) is 6. The molecular formula is C25H20F2N6O2. The van der Waals surface area contributed by atoms with Crippen molar-refractivity contribution < 1.29 is 18.3 Å². The van der Waals surface area contributed by atoms with Crippen LogP contribution in [0.1, 0.15) is 24.1 Å². The molecule has 1 unspecified atom stereocenters. The number of carbonyl (C=O) groups is 1. The molecule has 0 bridgehead atoms. The number of anilines is 1. The molecule has 2 aromatic carbocycles. The lowest BCUT2D eigenvalue weighted by atomic mass is 9.94. The van der Waals surface area contributed by atoms with E-state index in [1.165, 1.54) is 37.6 Å². The number of H-pyrrole nitrogens is 1. The van der Waals surface area contributed by atoms with Gasteiger partial charge in [0.05, 0.1) is 30.1 Å². The number of carbonyl (C=O) groups excluding carboxylic acids is 1. The monoisotopic (exact) mass is 474 g/mol. The van der Waals surface area contributed by atoms with Gasteiger partial charge in [0.25, 0.3) is 5.91 Å². The van der Waals surface area contributed by atoms with Crippen LogP contribution in [0.4, 0.5) is 14.5 Å². The molecule has 0 aliphatic carbocycles. The van der Waals surface area contributed by atoms with Crippen molar-refractivity contribution in [3.8, 4) is 5.88 Å². The van der Waals surface area contributed by atoms with Gasteiger partial charge < -0.3 is 15.4 Å². The molecule has 1 atom stereocenters. The standard InChI is InChI=1S/C25H20F2N6O2/c1-13-22(25(34)31-20-9-16-12-29-33-19(16)10-18(20)27)23(14-3-6-17(26)7-4-14)32-24(30-13)15-5-8-21(35-2)28-11-15/h3-12,23H,1-2H3,(H,29,33)(H,30,32)(H,31,34). The Labute approximate surface area is 198 Å². The molecule has 0 fully saturated rings. The summed E-state index contributed by atoms with van der Waals surface area (Å²) in [6, 6.07) is 11.2. The summed E-state index contributed by atoms with van der Waals surface area (Å²) in [6.45, 7) is 1.73. The Balaban J connectivity index is 1.52. The number of fused-ring (bicyclic) bond motifs is 1. The molecule has 1 amide bonds. The van der Waals surface area contributed by atoms with Crippen LogP contribution in [0.2, 0.25) is 0 Å². The summed E-state index contributed by atoms with van der Waals surface area (Å²) < 4.78 is 33.4. The van der Waals surface area contributed by atoms with E-state index in [1.807, 2.05) is 0 Å². The minimum absolute atomic E-state index is 0.0104. The number of pyridine rings is 1. The fraction of sp³-hybridized carbons (Fsp3) is 0.120. The number of nitrogens with one attached hydrogen (secondary N) is 3. The van der Waals surface area contributed by atoms with Gasteiger partial charge in [0.15, 0.2) is 0 Å². The number of amidine groups is 1. The molecular weight excluding hydrogens is 454 g/mol. The number of aromatic nitrogens is 3. The smallest absolute Gasteiger partial charge is 0.255 e. The maximum atomic E-state index is 14.7. The number of hydrogen-bond donors (Lipinski definition) is 3. The van der Waals surface area contributed by atoms with Crippen molar-refractivity contribution in [1.29, 1.82) is 0 Å². The third-order valence-electron chi connectivity index (χ3n) is 5.67. The third-order valence-corrected chi connectivity index (χ3v) is 5.67. The number of aromatic amines is 1. The van der Waals surface area contributed by atoms with Crippen LogP contribution in [0, 0.1) is 11.6 Å². The second-order valence-corrected chi connectivity index (χ2v) is 7.93. The fourth-order valence-corrected chi connectivity index (χ4v) is 3.89. The Morgan fingerprint density at radius 3 is 2.60 bits per heavy atom. The van der Waals surface area contributed by atoms with Gasteiger partial charge in [0.1, 0.15) is 23.5 Å². The first kappa shape index (κ1) is 22.2. The molecule has 176 valence electrons. The van der Waals surface area contributed by atoms with E-state index in [1.54, 1.807) is 37.4 Å². The van der Waals surface area contributed by atoms with Crippen molar-refractivity contribution in [3.05, 3.63) is 95.0 Å². The van der Waals surface area contributed by atoms with Crippen LogP contribution in [0.3, 0.4) is 0 Å². The second-order valence-electron chi connectivity index (χ2n) is 7.93. The van der Waals surface area contributed by atoms with Gasteiger partial charge >= 0.3 is 0 Å². The van der Waals surface area contributed by atoms with Crippen molar-refractivity contribution in [2.75, 3.05) is 12.4 Å². The molecule has 4 aromatic rings. The van der Waals surface area contributed by atoms with Crippen LogP contribution in [0.15, 0.2) is 77.2 Å². The summed E-state index contributed by atoms with van der Waals surface area (Å²) >= 11 is 0. The summed E-state index contributed by atoms with van der Waals surface area (Å²) in [5.41, 5.74) is 2.59. The lowest BCUT2D eigenvalue weighted by molar-refractivity contribution is -0.113. The lowest BCUT2D eigenvalue weighted by Gasteiger charge is -2.27. The summed E-state index contributed by atoms with van der Waals surface area (Å²) in [7, 11) is 1.52. The van der Waals surface area contributed by atoms with Crippen molar-refractivity contribution in [3.63, 3.8) is 0 Å². The van der Waals surface area contributed by atoms with Gasteiger partial charge in [-0.15, -0.1) is 0 Å². The fourth-order valence-electron chi connectivity index (χ4n) is 3.89. The minimum Gasteiger partial charge on any atom is -0.481 e. The molecule has 0 spiro atoms. The van der Waals surface area contributed by atoms with Crippen molar-refractivity contribution in [1.82, 2.24) is 20.5 Å². The van der Waals surface area contributed by atoms with Gasteiger partial charge in [-0.25, -0.2) is 13.8 Å². The van der Waals surface area contributed by atoms with E-state index in [0.29, 0.717) is 39.4 Å². The van der Waals surface area contributed by atoms with Gasteiger partial charge in [-0.3, -0.25) is 14.9 Å². The Morgan fingerprint density at radius 1 is 1.09 bits per heavy atom. The number of allylic oxidation sites excluding steroid dienone is 1. The highest BCUT2D eigenvalue weighted by atomic mass is 19.1. The van der Waals surface area contributed by atoms with E-state index in [-0.39, 0.29) is 11.3 Å². The zero-order valence-electron chi connectivity index (χ0n) is 18.8. The molecule has 5 rings (SSSR count). The minimum atomic E-state index is -0.769. The van der Waals surface area contributed by atoms with Gasteiger partial charge in [0.2, 0.25) is 5.88 Å². The van der Waals surface area contributed by atoms with Crippen molar-refractivity contribution in [2.45, 2.75) is 13.0 Å². The van der Waals surface area contributed by atoms with E-state index >= 15 is 0 Å². The molecule has 0 radical (unpaired) electrons. The van der Waals surface area contributed by atoms with Crippen LogP contribution in [-0.4, -0.2) is 34.0 Å². The normalized spacial score (nSPS) is 15.5. The number of ether oxygens (including phenoxy) is 1. The molecule has 0 saturated heterocycles. The molecule has 3 N–H and O–H groups in total. The Hall–Kier alpha value is -4.60. The second kappa shape index (κ2) is 8.98. The number of rotatable bonds is 5. The van der Waals surface area contributed by atoms with Gasteiger partial charge in [0, 0.05) is 35.0 Å². The number of benzene rings is 2. The zero-order chi connectivity index (χ0) is 24.5. The molecule has 1 aliphatic heterocycles. The molecule has 2 aromatic heterocycles. The average Bonchev–Trinajstić information content (AvgIpc) is 3.31. The van der Waals surface area contributed by atoms with Crippen molar-refractivity contribution in [2.24, 2.45) is 4.99 Å². The maximum Gasteiger partial charge on any atom is 0.255 e. The number of aliphatic imine (C=N–C) groups is 1. The number of nitrogens with zero attached hydrogens (tertiary/aromatic N) is 3. The average molecular weight is 474 g/mol. The van der Waals surface area contributed by atoms with E-state index in [0.717, 1.165) is 0 Å². The van der Waals surface area contributed by atoms with Crippen LogP contribution in [0.25, 0.3) is 10.9 Å². The summed E-state index contributed by atoms with van der Waals surface area (Å²) in [4.78, 5) is 22.4. The highest BCUT2D eigenvalue weighted by Crippen LogP contribution is 2.33. The Bertz CT molecular complexity index is 1480. The Kier molecular flexibility index (Phi) is 5.69. The molecule has 1 aliphatic rings. The number of halogens is 2. The largest absolute Gasteiger partial charge is 0.481 e. The Morgan fingerprint density at radius 2 is 1.89 bits per heavy atom. The molecule has 3 heterocycles.